The summed E-state index contributed by atoms with van der Waals surface area (Å²) in [6.45, 7) is 0. The van der Waals surface area contributed by atoms with Gasteiger partial charge in [0.15, 0.2) is 0 Å². The fourth-order valence-electron chi connectivity index (χ4n) is 3.32. The van der Waals surface area contributed by atoms with E-state index in [-0.39, 0.29) is 0 Å². The van der Waals surface area contributed by atoms with E-state index in [1.165, 1.54) is 38.5 Å². The van der Waals surface area contributed by atoms with Crippen LogP contribution in [0.15, 0.2) is 24.3 Å². The second-order valence-electron chi connectivity index (χ2n) is 4.83. The summed E-state index contributed by atoms with van der Waals surface area (Å²) < 4.78 is 0. The summed E-state index contributed by atoms with van der Waals surface area (Å²) in [4.78, 5) is 0. The Morgan fingerprint density at radius 3 is 1.71 bits per heavy atom. The van der Waals surface area contributed by atoms with Crippen LogP contribution in [0.25, 0.3) is 0 Å². The summed E-state index contributed by atoms with van der Waals surface area (Å²) in [6.07, 6.45) is 8.73. The minimum atomic E-state index is 0.923. The van der Waals surface area contributed by atoms with Gasteiger partial charge >= 0.3 is 0 Å². The zero-order chi connectivity index (χ0) is 9.38. The number of hydrogen-bond donors (Lipinski definition) is 0. The number of benzene rings is 1. The van der Waals surface area contributed by atoms with E-state index in [2.05, 4.69) is 24.3 Å². The molecule has 0 saturated heterocycles. The molecule has 0 nitrogen and oxygen atoms in total. The summed E-state index contributed by atoms with van der Waals surface area (Å²) >= 11 is 0. The van der Waals surface area contributed by atoms with Crippen molar-refractivity contribution in [2.24, 2.45) is 0 Å². The molecule has 0 heterocycles. The van der Waals surface area contributed by atoms with Gasteiger partial charge in [-0.3, -0.25) is 0 Å². The maximum Gasteiger partial charge on any atom is -0.00901 e. The molecule has 0 spiro atoms. The molecule has 1 aromatic rings. The Bertz CT molecular complexity index is 294. The van der Waals surface area contributed by atoms with E-state index in [4.69, 9.17) is 0 Å². The van der Waals surface area contributed by atoms with Gasteiger partial charge in [0, 0.05) is 0 Å². The first-order valence-electron chi connectivity index (χ1n) is 6.05. The Hall–Kier alpha value is -0.780. The molecule has 0 radical (unpaired) electrons. The van der Waals surface area contributed by atoms with Crippen molar-refractivity contribution in [2.45, 2.75) is 50.4 Å². The van der Waals surface area contributed by atoms with Crippen LogP contribution in [0.1, 0.15) is 61.5 Å². The molecular formula is C14H18. The molecular weight excluding hydrogens is 168 g/mol. The highest BCUT2D eigenvalue weighted by molar-refractivity contribution is 5.44. The Morgan fingerprint density at radius 2 is 1.21 bits per heavy atom. The van der Waals surface area contributed by atoms with E-state index < -0.39 is 0 Å². The largest absolute Gasteiger partial charge is 0.0620 e. The van der Waals surface area contributed by atoms with Crippen molar-refractivity contribution in [2.75, 3.05) is 0 Å². The lowest BCUT2D eigenvalue weighted by molar-refractivity contribution is 0.363. The molecule has 0 N–H and O–H groups in total. The molecule has 0 aliphatic heterocycles. The third-order valence-corrected chi connectivity index (χ3v) is 4.06. The van der Waals surface area contributed by atoms with Crippen molar-refractivity contribution in [1.29, 1.82) is 0 Å². The highest BCUT2D eigenvalue weighted by Crippen LogP contribution is 2.52. The van der Waals surface area contributed by atoms with Crippen LogP contribution in [-0.4, -0.2) is 0 Å². The SMILES string of the molecule is c1ccc2c(c1)C1CCCCCCC21. The molecule has 14 heavy (non-hydrogen) atoms. The lowest BCUT2D eigenvalue weighted by Crippen LogP contribution is -2.25. The highest BCUT2D eigenvalue weighted by atomic mass is 14.4. The summed E-state index contributed by atoms with van der Waals surface area (Å²) in [7, 11) is 0. The van der Waals surface area contributed by atoms with E-state index in [0.29, 0.717) is 0 Å². The Balaban J connectivity index is 1.89. The first-order valence-corrected chi connectivity index (χ1v) is 6.05. The molecule has 2 atom stereocenters. The summed E-state index contributed by atoms with van der Waals surface area (Å²) in [5, 5.41) is 0. The maximum atomic E-state index is 2.35. The molecule has 2 aliphatic rings. The van der Waals surface area contributed by atoms with E-state index in [9.17, 15) is 0 Å². The van der Waals surface area contributed by atoms with Gasteiger partial charge in [0.2, 0.25) is 0 Å². The van der Waals surface area contributed by atoms with Crippen LogP contribution in [0.3, 0.4) is 0 Å². The number of fused-ring (bicyclic) bond motifs is 4. The predicted octanol–water partition coefficient (Wildman–Crippen LogP) is 4.22. The van der Waals surface area contributed by atoms with Gasteiger partial charge in [-0.2, -0.15) is 0 Å². The molecule has 1 fully saturated rings. The second kappa shape index (κ2) is 3.42. The van der Waals surface area contributed by atoms with Crippen LogP contribution in [0.2, 0.25) is 0 Å². The summed E-state index contributed by atoms with van der Waals surface area (Å²) in [6, 6.07) is 9.10. The highest BCUT2D eigenvalue weighted by Gasteiger charge is 2.36. The van der Waals surface area contributed by atoms with Crippen LogP contribution in [0, 0.1) is 0 Å². The third kappa shape index (κ3) is 1.20. The Kier molecular flexibility index (Phi) is 2.08. The minimum absolute atomic E-state index is 0.923. The first kappa shape index (κ1) is 8.52. The number of rotatable bonds is 0. The lowest BCUT2D eigenvalue weighted by Gasteiger charge is -2.41. The van der Waals surface area contributed by atoms with E-state index in [1.54, 1.807) is 11.1 Å². The van der Waals surface area contributed by atoms with Gasteiger partial charge in [-0.1, -0.05) is 49.9 Å². The average Bonchev–Trinajstić information content (AvgIpc) is 2.17. The Morgan fingerprint density at radius 1 is 0.714 bits per heavy atom. The van der Waals surface area contributed by atoms with E-state index >= 15 is 0 Å². The van der Waals surface area contributed by atoms with Crippen LogP contribution in [0.5, 0.6) is 0 Å². The molecule has 2 aliphatic carbocycles. The third-order valence-electron chi connectivity index (χ3n) is 4.06. The van der Waals surface area contributed by atoms with Crippen molar-refractivity contribution in [3.8, 4) is 0 Å². The van der Waals surface area contributed by atoms with Gasteiger partial charge < -0.3 is 0 Å². The van der Waals surface area contributed by atoms with Crippen molar-refractivity contribution >= 4 is 0 Å². The molecule has 0 bridgehead atoms. The van der Waals surface area contributed by atoms with Crippen molar-refractivity contribution < 1.29 is 0 Å². The zero-order valence-electron chi connectivity index (χ0n) is 8.71. The fraction of sp³-hybridized carbons (Fsp3) is 0.571. The van der Waals surface area contributed by atoms with E-state index in [0.717, 1.165) is 11.8 Å². The summed E-state index contributed by atoms with van der Waals surface area (Å²) in [5.74, 6) is 1.85. The van der Waals surface area contributed by atoms with Gasteiger partial charge in [0.1, 0.15) is 0 Å². The standard InChI is InChI=1S/C14H18/c1-2-4-8-12-11(7-3-1)13-9-5-6-10-14(12)13/h5-6,9-12H,1-4,7-8H2. The van der Waals surface area contributed by atoms with Crippen LogP contribution in [0.4, 0.5) is 0 Å². The van der Waals surface area contributed by atoms with Gasteiger partial charge in [-0.05, 0) is 35.8 Å². The van der Waals surface area contributed by atoms with Crippen LogP contribution < -0.4 is 0 Å². The zero-order valence-corrected chi connectivity index (χ0v) is 8.71. The summed E-state index contributed by atoms with van der Waals surface area (Å²) in [5.41, 5.74) is 3.33. The van der Waals surface area contributed by atoms with Crippen LogP contribution in [-0.2, 0) is 0 Å². The predicted molar refractivity (Wildman–Crippen MR) is 59.6 cm³/mol. The molecule has 74 valence electrons. The second-order valence-corrected chi connectivity index (χ2v) is 4.83. The van der Waals surface area contributed by atoms with Gasteiger partial charge in [-0.25, -0.2) is 0 Å². The molecule has 1 aromatic carbocycles. The van der Waals surface area contributed by atoms with Crippen molar-refractivity contribution in [3.05, 3.63) is 35.4 Å². The molecule has 3 rings (SSSR count). The lowest BCUT2D eigenvalue weighted by atomic mass is 9.63. The van der Waals surface area contributed by atoms with Gasteiger partial charge in [0.05, 0.1) is 0 Å². The first-order chi connectivity index (χ1) is 6.97. The maximum absolute atomic E-state index is 2.35. The fourth-order valence-corrected chi connectivity index (χ4v) is 3.32. The van der Waals surface area contributed by atoms with Gasteiger partial charge in [0.25, 0.3) is 0 Å². The number of hydrogen-bond acceptors (Lipinski definition) is 0. The molecule has 0 amide bonds. The van der Waals surface area contributed by atoms with Crippen molar-refractivity contribution in [3.63, 3.8) is 0 Å². The monoisotopic (exact) mass is 186 g/mol. The smallest absolute Gasteiger partial charge is 0.00901 e. The molecule has 1 saturated carbocycles. The quantitative estimate of drug-likeness (QED) is 0.569. The normalized spacial score (nSPS) is 30.6. The van der Waals surface area contributed by atoms with E-state index in [1.807, 2.05) is 0 Å². The minimum Gasteiger partial charge on any atom is -0.0620 e. The van der Waals surface area contributed by atoms with Gasteiger partial charge in [-0.15, -0.1) is 0 Å². The molecule has 0 heteroatoms. The van der Waals surface area contributed by atoms with Crippen LogP contribution >= 0.6 is 0 Å². The Labute approximate surface area is 86.3 Å². The average molecular weight is 186 g/mol. The molecule has 0 aromatic heterocycles. The van der Waals surface area contributed by atoms with Crippen molar-refractivity contribution in [1.82, 2.24) is 0 Å². The topological polar surface area (TPSA) is 0 Å². The molecule has 2 unspecified atom stereocenters.